The number of nitrogens with zero attached hydrogens (tertiary/aromatic N) is 1. The molecule has 0 saturated carbocycles. The van der Waals surface area contributed by atoms with Crippen LogP contribution in [0.3, 0.4) is 0 Å². The van der Waals surface area contributed by atoms with E-state index in [0.717, 1.165) is 19.6 Å². The van der Waals surface area contributed by atoms with Gasteiger partial charge < -0.3 is 10.2 Å². The van der Waals surface area contributed by atoms with E-state index in [4.69, 9.17) is 0 Å². The summed E-state index contributed by atoms with van der Waals surface area (Å²) < 4.78 is 13.4. The first-order valence-corrected chi connectivity index (χ1v) is 7.25. The first kappa shape index (κ1) is 16.1. The van der Waals surface area contributed by atoms with E-state index in [0.29, 0.717) is 10.0 Å². The topological polar surface area (TPSA) is 32.3 Å². The van der Waals surface area contributed by atoms with E-state index in [1.54, 1.807) is 0 Å². The molecule has 19 heavy (non-hydrogen) atoms. The third-order valence-electron chi connectivity index (χ3n) is 2.98. The van der Waals surface area contributed by atoms with Crippen LogP contribution in [0.15, 0.2) is 22.7 Å². The highest BCUT2D eigenvalue weighted by Crippen LogP contribution is 2.18. The molecule has 0 heterocycles. The summed E-state index contributed by atoms with van der Waals surface area (Å²) in [5.41, 5.74) is 0.452. The maximum absolute atomic E-state index is 13.0. The zero-order valence-electron chi connectivity index (χ0n) is 11.5. The van der Waals surface area contributed by atoms with Gasteiger partial charge in [0, 0.05) is 17.1 Å². The van der Waals surface area contributed by atoms with E-state index in [2.05, 4.69) is 40.0 Å². The van der Waals surface area contributed by atoms with Gasteiger partial charge in [-0.3, -0.25) is 4.79 Å². The Balaban J connectivity index is 2.63. The molecule has 0 bridgehead atoms. The van der Waals surface area contributed by atoms with E-state index < -0.39 is 0 Å². The Morgan fingerprint density at radius 3 is 2.58 bits per heavy atom. The molecule has 1 amide bonds. The van der Waals surface area contributed by atoms with Crippen molar-refractivity contribution in [2.75, 3.05) is 19.6 Å². The molecule has 0 spiro atoms. The number of halogens is 2. The lowest BCUT2D eigenvalue weighted by Crippen LogP contribution is -2.42. The number of benzene rings is 1. The normalized spacial score (nSPS) is 12.5. The van der Waals surface area contributed by atoms with Gasteiger partial charge in [-0.2, -0.15) is 0 Å². The van der Waals surface area contributed by atoms with Gasteiger partial charge in [-0.05, 0) is 54.1 Å². The van der Waals surface area contributed by atoms with Crippen molar-refractivity contribution in [3.63, 3.8) is 0 Å². The Labute approximate surface area is 122 Å². The highest BCUT2D eigenvalue weighted by molar-refractivity contribution is 9.10. The molecule has 0 saturated heterocycles. The standard InChI is InChI=1S/C14H20BrFN2O/c1-4-18(5-2)9-10(3)17-14(19)12-7-6-11(16)8-13(12)15/h6-8,10H,4-5,9H2,1-3H3,(H,17,19). The van der Waals surface area contributed by atoms with Gasteiger partial charge in [0.05, 0.1) is 5.56 Å². The van der Waals surface area contributed by atoms with Crippen LogP contribution in [0, 0.1) is 5.82 Å². The molecule has 106 valence electrons. The van der Waals surface area contributed by atoms with Crippen LogP contribution in [0.5, 0.6) is 0 Å². The minimum atomic E-state index is -0.361. The fraction of sp³-hybridized carbons (Fsp3) is 0.500. The number of nitrogens with one attached hydrogen (secondary N) is 1. The molecule has 5 heteroatoms. The van der Waals surface area contributed by atoms with E-state index in [1.807, 2.05) is 6.92 Å². The van der Waals surface area contributed by atoms with Crippen LogP contribution < -0.4 is 5.32 Å². The Hall–Kier alpha value is -0.940. The number of hydrogen-bond acceptors (Lipinski definition) is 2. The fourth-order valence-electron chi connectivity index (χ4n) is 1.89. The average Bonchev–Trinajstić information content (AvgIpc) is 2.35. The number of hydrogen-bond donors (Lipinski definition) is 1. The molecule has 1 rings (SSSR count). The monoisotopic (exact) mass is 330 g/mol. The molecule has 1 aromatic rings. The molecule has 1 aromatic carbocycles. The second-order valence-electron chi connectivity index (χ2n) is 4.48. The van der Waals surface area contributed by atoms with Crippen molar-refractivity contribution in [2.45, 2.75) is 26.8 Å². The number of rotatable bonds is 6. The maximum Gasteiger partial charge on any atom is 0.252 e. The van der Waals surface area contributed by atoms with E-state index in [9.17, 15) is 9.18 Å². The van der Waals surface area contributed by atoms with Gasteiger partial charge in [-0.25, -0.2) is 4.39 Å². The van der Waals surface area contributed by atoms with Crippen molar-refractivity contribution in [1.82, 2.24) is 10.2 Å². The molecule has 0 fully saturated rings. The lowest BCUT2D eigenvalue weighted by molar-refractivity contribution is 0.0929. The third-order valence-corrected chi connectivity index (χ3v) is 3.64. The van der Waals surface area contributed by atoms with Crippen molar-refractivity contribution >= 4 is 21.8 Å². The summed E-state index contributed by atoms with van der Waals surface area (Å²) in [7, 11) is 0. The SMILES string of the molecule is CCN(CC)CC(C)NC(=O)c1ccc(F)cc1Br. The molecular formula is C14H20BrFN2O. The van der Waals surface area contributed by atoms with E-state index in [-0.39, 0.29) is 17.8 Å². The van der Waals surface area contributed by atoms with Gasteiger partial charge in [0.25, 0.3) is 5.91 Å². The minimum Gasteiger partial charge on any atom is -0.348 e. The Morgan fingerprint density at radius 2 is 2.05 bits per heavy atom. The van der Waals surface area contributed by atoms with Crippen LogP contribution in [-0.4, -0.2) is 36.5 Å². The first-order chi connectivity index (χ1) is 8.97. The van der Waals surface area contributed by atoms with Gasteiger partial charge >= 0.3 is 0 Å². The van der Waals surface area contributed by atoms with Crippen molar-refractivity contribution < 1.29 is 9.18 Å². The fourth-order valence-corrected chi connectivity index (χ4v) is 2.42. The summed E-state index contributed by atoms with van der Waals surface area (Å²) in [6.07, 6.45) is 0. The second-order valence-corrected chi connectivity index (χ2v) is 5.34. The Bertz CT molecular complexity index is 435. The van der Waals surface area contributed by atoms with Crippen molar-refractivity contribution in [2.24, 2.45) is 0 Å². The summed E-state index contributed by atoms with van der Waals surface area (Å²) in [4.78, 5) is 14.3. The Kier molecular flexibility index (Phi) is 6.45. The van der Waals surface area contributed by atoms with Gasteiger partial charge in [0.2, 0.25) is 0 Å². The molecule has 1 N–H and O–H groups in total. The molecule has 3 nitrogen and oxygen atoms in total. The molecule has 0 aliphatic rings. The maximum atomic E-state index is 13.0. The predicted molar refractivity (Wildman–Crippen MR) is 78.8 cm³/mol. The third kappa shape index (κ3) is 4.91. The van der Waals surface area contributed by atoms with Crippen LogP contribution in [0.4, 0.5) is 4.39 Å². The van der Waals surface area contributed by atoms with Gasteiger partial charge in [0.1, 0.15) is 5.82 Å². The highest BCUT2D eigenvalue weighted by atomic mass is 79.9. The number of amides is 1. The van der Waals surface area contributed by atoms with E-state index in [1.165, 1.54) is 18.2 Å². The molecule has 1 atom stereocenters. The zero-order valence-corrected chi connectivity index (χ0v) is 13.1. The summed E-state index contributed by atoms with van der Waals surface area (Å²) in [6, 6.07) is 4.11. The van der Waals surface area contributed by atoms with E-state index >= 15 is 0 Å². The highest BCUT2D eigenvalue weighted by Gasteiger charge is 2.14. The number of likely N-dealkylation sites (N-methyl/N-ethyl adjacent to an activating group) is 1. The minimum absolute atomic E-state index is 0.0457. The number of carbonyl (C=O) groups is 1. The summed E-state index contributed by atoms with van der Waals surface area (Å²) in [6.45, 7) is 8.86. The average molecular weight is 331 g/mol. The quantitative estimate of drug-likeness (QED) is 0.869. The van der Waals surface area contributed by atoms with Crippen molar-refractivity contribution in [3.8, 4) is 0 Å². The largest absolute Gasteiger partial charge is 0.348 e. The summed E-state index contributed by atoms with van der Waals surface area (Å²) >= 11 is 3.20. The van der Waals surface area contributed by atoms with Crippen LogP contribution in [0.2, 0.25) is 0 Å². The molecule has 1 unspecified atom stereocenters. The summed E-state index contributed by atoms with van der Waals surface area (Å²) in [5.74, 6) is -0.550. The van der Waals surface area contributed by atoms with Crippen LogP contribution >= 0.6 is 15.9 Å². The Morgan fingerprint density at radius 1 is 1.42 bits per heavy atom. The molecule has 0 aliphatic carbocycles. The van der Waals surface area contributed by atoms with Crippen molar-refractivity contribution in [1.29, 1.82) is 0 Å². The molecule has 0 aliphatic heterocycles. The lowest BCUT2D eigenvalue weighted by atomic mass is 10.2. The van der Waals surface area contributed by atoms with Crippen LogP contribution in [0.25, 0.3) is 0 Å². The number of carbonyl (C=O) groups excluding carboxylic acids is 1. The molecule has 0 aromatic heterocycles. The summed E-state index contributed by atoms with van der Waals surface area (Å²) in [5, 5.41) is 2.92. The van der Waals surface area contributed by atoms with Gasteiger partial charge in [-0.1, -0.05) is 13.8 Å². The smallest absolute Gasteiger partial charge is 0.252 e. The van der Waals surface area contributed by atoms with Gasteiger partial charge in [-0.15, -0.1) is 0 Å². The van der Waals surface area contributed by atoms with Gasteiger partial charge in [0.15, 0.2) is 0 Å². The van der Waals surface area contributed by atoms with Crippen LogP contribution in [-0.2, 0) is 0 Å². The zero-order chi connectivity index (χ0) is 14.4. The molecule has 0 radical (unpaired) electrons. The molecular weight excluding hydrogens is 311 g/mol. The predicted octanol–water partition coefficient (Wildman–Crippen LogP) is 3.05. The van der Waals surface area contributed by atoms with Crippen LogP contribution in [0.1, 0.15) is 31.1 Å². The first-order valence-electron chi connectivity index (χ1n) is 6.46. The lowest BCUT2D eigenvalue weighted by Gasteiger charge is -2.23. The van der Waals surface area contributed by atoms with Crippen molar-refractivity contribution in [3.05, 3.63) is 34.1 Å². The second kappa shape index (κ2) is 7.60.